The molecule has 0 atom stereocenters. The Hall–Kier alpha value is -2.50. The maximum atomic E-state index is 12.8. The fourth-order valence-corrected chi connectivity index (χ4v) is 4.71. The van der Waals surface area contributed by atoms with Crippen LogP contribution in [0.1, 0.15) is 63.0 Å². The first-order valence-electron chi connectivity index (χ1n) is 11.1. The van der Waals surface area contributed by atoms with Gasteiger partial charge < -0.3 is 10.2 Å². The molecule has 2 aromatic rings. The molecular formula is C23H29N5O. The number of hydrogen-bond acceptors (Lipinski definition) is 5. The molecule has 2 saturated carbocycles. The van der Waals surface area contributed by atoms with E-state index in [0.717, 1.165) is 61.7 Å². The van der Waals surface area contributed by atoms with Crippen LogP contribution in [-0.2, 0) is 4.79 Å². The van der Waals surface area contributed by atoms with Crippen LogP contribution in [0, 0.1) is 5.92 Å². The van der Waals surface area contributed by atoms with E-state index in [4.69, 9.17) is 4.98 Å². The third kappa shape index (κ3) is 4.11. The number of amides is 1. The molecule has 0 aromatic carbocycles. The van der Waals surface area contributed by atoms with Crippen LogP contribution in [-0.4, -0.2) is 44.9 Å². The van der Waals surface area contributed by atoms with Gasteiger partial charge in [-0.3, -0.25) is 9.78 Å². The molecule has 1 aliphatic heterocycles. The monoisotopic (exact) mass is 391 g/mol. The Morgan fingerprint density at radius 3 is 2.48 bits per heavy atom. The predicted molar refractivity (Wildman–Crippen MR) is 112 cm³/mol. The summed E-state index contributed by atoms with van der Waals surface area (Å²) in [5.74, 6) is 1.71. The lowest BCUT2D eigenvalue weighted by atomic mass is 9.89. The largest absolute Gasteiger partial charge is 0.351 e. The van der Waals surface area contributed by atoms with Crippen LogP contribution in [0.2, 0.25) is 0 Å². The van der Waals surface area contributed by atoms with E-state index in [1.54, 1.807) is 0 Å². The first-order valence-corrected chi connectivity index (χ1v) is 11.1. The molecular weight excluding hydrogens is 362 g/mol. The zero-order chi connectivity index (χ0) is 19.6. The Labute approximate surface area is 172 Å². The molecule has 152 valence electrons. The zero-order valence-corrected chi connectivity index (χ0v) is 16.9. The van der Waals surface area contributed by atoms with Gasteiger partial charge in [-0.25, -0.2) is 9.97 Å². The van der Waals surface area contributed by atoms with E-state index in [1.165, 1.54) is 25.7 Å². The number of piperidine rings is 1. The number of anilines is 1. The number of aromatic nitrogens is 3. The number of rotatable bonds is 5. The summed E-state index contributed by atoms with van der Waals surface area (Å²) in [6, 6.07) is 6.48. The van der Waals surface area contributed by atoms with E-state index in [0.29, 0.717) is 17.9 Å². The molecule has 0 unspecified atom stereocenters. The highest BCUT2D eigenvalue weighted by Gasteiger charge is 2.32. The summed E-state index contributed by atoms with van der Waals surface area (Å²) in [4.78, 5) is 28.9. The summed E-state index contributed by atoms with van der Waals surface area (Å²) >= 11 is 0. The molecule has 3 heterocycles. The number of nitrogens with zero attached hydrogens (tertiary/aromatic N) is 4. The molecule has 29 heavy (non-hydrogen) atoms. The second-order valence-corrected chi connectivity index (χ2v) is 8.71. The van der Waals surface area contributed by atoms with Crippen molar-refractivity contribution in [3.05, 3.63) is 36.3 Å². The zero-order valence-electron chi connectivity index (χ0n) is 16.9. The van der Waals surface area contributed by atoms with Crippen molar-refractivity contribution in [3.63, 3.8) is 0 Å². The number of pyridine rings is 1. The standard InChI is InChI=1S/C23H29N5O/c29-22(17-5-1-2-6-17)28-13-10-16(11-14-28)21-19(20-7-3-4-12-24-20)15-25-23(27-21)26-18-8-9-18/h3-4,7,12,15-18H,1-2,5-6,8-11,13-14H2,(H,25,26,27). The van der Waals surface area contributed by atoms with Crippen LogP contribution >= 0.6 is 0 Å². The molecule has 0 spiro atoms. The molecule has 0 radical (unpaired) electrons. The van der Waals surface area contributed by atoms with Gasteiger partial charge in [0.2, 0.25) is 11.9 Å². The Balaban J connectivity index is 1.35. The van der Waals surface area contributed by atoms with Crippen LogP contribution in [0.15, 0.2) is 30.6 Å². The summed E-state index contributed by atoms with van der Waals surface area (Å²) in [5, 5.41) is 3.43. The average molecular weight is 392 g/mol. The fraction of sp³-hybridized carbons (Fsp3) is 0.565. The SMILES string of the molecule is O=C(C1CCCC1)N1CCC(c2nc(NC3CC3)ncc2-c2ccccn2)CC1. The van der Waals surface area contributed by atoms with Crippen molar-refractivity contribution in [1.29, 1.82) is 0 Å². The fourth-order valence-electron chi connectivity index (χ4n) is 4.71. The second kappa shape index (κ2) is 8.09. The van der Waals surface area contributed by atoms with E-state index in [-0.39, 0.29) is 5.92 Å². The van der Waals surface area contributed by atoms with Crippen LogP contribution in [0.25, 0.3) is 11.3 Å². The lowest BCUT2D eigenvalue weighted by Crippen LogP contribution is -2.41. The molecule has 5 rings (SSSR count). The highest BCUT2D eigenvalue weighted by Crippen LogP contribution is 2.35. The summed E-state index contributed by atoms with van der Waals surface area (Å²) in [5.41, 5.74) is 3.02. The molecule has 0 bridgehead atoms. The van der Waals surface area contributed by atoms with Gasteiger partial charge in [0, 0.05) is 48.9 Å². The van der Waals surface area contributed by atoms with Crippen molar-refractivity contribution in [2.45, 2.75) is 63.3 Å². The number of nitrogens with one attached hydrogen (secondary N) is 1. The van der Waals surface area contributed by atoms with E-state index >= 15 is 0 Å². The van der Waals surface area contributed by atoms with E-state index in [1.807, 2.05) is 30.6 Å². The van der Waals surface area contributed by atoms with Gasteiger partial charge in [0.05, 0.1) is 11.4 Å². The minimum atomic E-state index is 0.268. The van der Waals surface area contributed by atoms with Crippen molar-refractivity contribution in [1.82, 2.24) is 19.9 Å². The molecule has 1 saturated heterocycles. The summed E-state index contributed by atoms with van der Waals surface area (Å²) in [6.45, 7) is 1.66. The van der Waals surface area contributed by atoms with Gasteiger partial charge in [-0.05, 0) is 50.7 Å². The average Bonchev–Trinajstić information content (AvgIpc) is 3.42. The predicted octanol–water partition coefficient (Wildman–Crippen LogP) is 4.01. The summed E-state index contributed by atoms with van der Waals surface area (Å²) in [7, 11) is 0. The number of likely N-dealkylation sites (tertiary alicyclic amines) is 1. The number of carbonyl (C=O) groups is 1. The second-order valence-electron chi connectivity index (χ2n) is 8.71. The smallest absolute Gasteiger partial charge is 0.225 e. The quantitative estimate of drug-likeness (QED) is 0.834. The number of hydrogen-bond donors (Lipinski definition) is 1. The van der Waals surface area contributed by atoms with E-state index in [2.05, 4.69) is 20.2 Å². The third-order valence-corrected chi connectivity index (χ3v) is 6.57. The molecule has 3 fully saturated rings. The Kier molecular flexibility index (Phi) is 5.17. The molecule has 3 aliphatic rings. The molecule has 6 heteroatoms. The van der Waals surface area contributed by atoms with Crippen molar-refractivity contribution in [3.8, 4) is 11.3 Å². The molecule has 2 aromatic heterocycles. The third-order valence-electron chi connectivity index (χ3n) is 6.57. The minimum Gasteiger partial charge on any atom is -0.351 e. The number of carbonyl (C=O) groups excluding carboxylic acids is 1. The van der Waals surface area contributed by atoms with Crippen molar-refractivity contribution in [2.24, 2.45) is 5.92 Å². The van der Waals surface area contributed by atoms with Crippen molar-refractivity contribution < 1.29 is 4.79 Å². The van der Waals surface area contributed by atoms with Crippen molar-refractivity contribution in [2.75, 3.05) is 18.4 Å². The summed E-state index contributed by atoms with van der Waals surface area (Å²) < 4.78 is 0. The first kappa shape index (κ1) is 18.5. The molecule has 1 N–H and O–H groups in total. The maximum absolute atomic E-state index is 12.8. The van der Waals surface area contributed by atoms with Gasteiger partial charge >= 0.3 is 0 Å². The first-order chi connectivity index (χ1) is 14.3. The Morgan fingerprint density at radius 1 is 1.00 bits per heavy atom. The van der Waals surface area contributed by atoms with Crippen LogP contribution in [0.5, 0.6) is 0 Å². The van der Waals surface area contributed by atoms with Gasteiger partial charge in [-0.15, -0.1) is 0 Å². The van der Waals surface area contributed by atoms with Gasteiger partial charge in [-0.1, -0.05) is 18.9 Å². The van der Waals surface area contributed by atoms with E-state index < -0.39 is 0 Å². The Bertz CT molecular complexity index is 853. The maximum Gasteiger partial charge on any atom is 0.225 e. The summed E-state index contributed by atoms with van der Waals surface area (Å²) in [6.07, 6.45) is 12.6. The lowest BCUT2D eigenvalue weighted by molar-refractivity contribution is -0.136. The van der Waals surface area contributed by atoms with Crippen LogP contribution < -0.4 is 5.32 Å². The van der Waals surface area contributed by atoms with Gasteiger partial charge in [0.15, 0.2) is 0 Å². The minimum absolute atomic E-state index is 0.268. The van der Waals surface area contributed by atoms with Gasteiger partial charge in [-0.2, -0.15) is 0 Å². The van der Waals surface area contributed by atoms with Gasteiger partial charge in [0.25, 0.3) is 0 Å². The van der Waals surface area contributed by atoms with E-state index in [9.17, 15) is 4.79 Å². The molecule has 2 aliphatic carbocycles. The van der Waals surface area contributed by atoms with Gasteiger partial charge in [0.1, 0.15) is 0 Å². The van der Waals surface area contributed by atoms with Crippen molar-refractivity contribution >= 4 is 11.9 Å². The normalized spacial score (nSPS) is 20.8. The van der Waals surface area contributed by atoms with Crippen LogP contribution in [0.3, 0.4) is 0 Å². The molecule has 1 amide bonds. The Morgan fingerprint density at radius 2 is 1.79 bits per heavy atom. The highest BCUT2D eigenvalue weighted by atomic mass is 16.2. The van der Waals surface area contributed by atoms with Crippen LogP contribution in [0.4, 0.5) is 5.95 Å². The topological polar surface area (TPSA) is 71.0 Å². The molecule has 6 nitrogen and oxygen atoms in total. The lowest BCUT2D eigenvalue weighted by Gasteiger charge is -2.34. The highest BCUT2D eigenvalue weighted by molar-refractivity contribution is 5.79.